The molecule has 0 saturated carbocycles. The Kier molecular flexibility index (Phi) is 3.00. The third kappa shape index (κ3) is 2.05. The Balaban J connectivity index is 1.48. The van der Waals surface area contributed by atoms with Crippen molar-refractivity contribution in [3.63, 3.8) is 0 Å². The predicted octanol–water partition coefficient (Wildman–Crippen LogP) is 3.18. The number of benzene rings is 2. The maximum atomic E-state index is 13.2. The summed E-state index contributed by atoms with van der Waals surface area (Å²) in [5, 5.41) is 1.34. The van der Waals surface area contributed by atoms with Gasteiger partial charge in [0.1, 0.15) is 18.6 Å². The monoisotopic (exact) mass is 358 g/mol. The van der Waals surface area contributed by atoms with Gasteiger partial charge in [0.15, 0.2) is 6.54 Å². The van der Waals surface area contributed by atoms with Gasteiger partial charge in [-0.2, -0.15) is 0 Å². The van der Waals surface area contributed by atoms with Crippen molar-refractivity contribution in [2.45, 2.75) is 24.9 Å². The van der Waals surface area contributed by atoms with E-state index in [4.69, 9.17) is 0 Å². The molecular formula is C23H24N3O+. The number of H-pyrrole nitrogens is 1. The maximum absolute atomic E-state index is 13.2. The molecule has 2 fully saturated rings. The lowest BCUT2D eigenvalue weighted by Crippen LogP contribution is -2.65. The second-order valence-electron chi connectivity index (χ2n) is 8.63. The Morgan fingerprint density at radius 3 is 2.78 bits per heavy atom. The Bertz CT molecular complexity index is 1060. The first-order valence-electron chi connectivity index (χ1n) is 9.99. The van der Waals surface area contributed by atoms with Crippen molar-refractivity contribution in [3.8, 4) is 0 Å². The quantitative estimate of drug-likeness (QED) is 0.702. The predicted molar refractivity (Wildman–Crippen MR) is 105 cm³/mol. The molecule has 3 aromatic rings. The molecule has 1 aromatic heterocycles. The van der Waals surface area contributed by atoms with Gasteiger partial charge in [0.2, 0.25) is 0 Å². The molecule has 1 spiro atoms. The summed E-state index contributed by atoms with van der Waals surface area (Å²) in [7, 11) is 0. The van der Waals surface area contributed by atoms with E-state index in [2.05, 4.69) is 64.5 Å². The molecule has 2 saturated heterocycles. The van der Waals surface area contributed by atoms with Gasteiger partial charge in [-0.05, 0) is 18.1 Å². The van der Waals surface area contributed by atoms with Crippen LogP contribution in [0.15, 0.2) is 54.6 Å². The maximum Gasteiger partial charge on any atom is 0.278 e. The van der Waals surface area contributed by atoms with Crippen LogP contribution < -0.4 is 0 Å². The van der Waals surface area contributed by atoms with Crippen LogP contribution in [0.25, 0.3) is 10.9 Å². The molecule has 4 heterocycles. The lowest BCUT2D eigenvalue weighted by atomic mass is 9.83. The van der Waals surface area contributed by atoms with Crippen molar-refractivity contribution in [1.29, 1.82) is 0 Å². The van der Waals surface area contributed by atoms with Crippen molar-refractivity contribution in [3.05, 3.63) is 71.4 Å². The SMILES string of the molecule is O=C1C[N+]2(Cc3ccccc3)CCC3(C2)c2[nH]c4ccccc4c2CCN13. The largest absolute Gasteiger partial charge is 0.356 e. The van der Waals surface area contributed by atoms with E-state index >= 15 is 0 Å². The molecule has 6 rings (SSSR count). The molecule has 1 amide bonds. The molecule has 2 unspecified atom stereocenters. The van der Waals surface area contributed by atoms with Crippen LogP contribution in [0, 0.1) is 0 Å². The lowest BCUT2D eigenvalue weighted by molar-refractivity contribution is -0.927. The van der Waals surface area contributed by atoms with Gasteiger partial charge in [0.25, 0.3) is 5.91 Å². The summed E-state index contributed by atoms with van der Waals surface area (Å²) in [4.78, 5) is 19.1. The molecule has 136 valence electrons. The van der Waals surface area contributed by atoms with Crippen LogP contribution in [-0.4, -0.2) is 46.5 Å². The number of nitrogens with one attached hydrogen (secondary N) is 1. The van der Waals surface area contributed by atoms with E-state index in [0.29, 0.717) is 12.5 Å². The van der Waals surface area contributed by atoms with Crippen LogP contribution >= 0.6 is 0 Å². The van der Waals surface area contributed by atoms with Crippen LogP contribution in [0.5, 0.6) is 0 Å². The lowest BCUT2D eigenvalue weighted by Gasteiger charge is -2.49. The van der Waals surface area contributed by atoms with Gasteiger partial charge < -0.3 is 14.4 Å². The molecule has 1 N–H and O–H groups in total. The number of fused-ring (bicyclic) bond motifs is 4. The Morgan fingerprint density at radius 1 is 1.07 bits per heavy atom. The van der Waals surface area contributed by atoms with E-state index < -0.39 is 0 Å². The second kappa shape index (κ2) is 5.23. The highest BCUT2D eigenvalue weighted by Crippen LogP contribution is 2.49. The van der Waals surface area contributed by atoms with E-state index in [9.17, 15) is 4.79 Å². The number of amides is 1. The summed E-state index contributed by atoms with van der Waals surface area (Å²) >= 11 is 0. The van der Waals surface area contributed by atoms with Crippen molar-refractivity contribution < 1.29 is 9.28 Å². The minimum atomic E-state index is -0.142. The van der Waals surface area contributed by atoms with Gasteiger partial charge in [-0.25, -0.2) is 0 Å². The number of rotatable bonds is 2. The number of para-hydroxylation sites is 1. The normalized spacial score (nSPS) is 29.0. The molecule has 0 radical (unpaired) electrons. The highest BCUT2D eigenvalue weighted by molar-refractivity contribution is 5.87. The number of aromatic amines is 1. The summed E-state index contributed by atoms with van der Waals surface area (Å²) in [6, 6.07) is 19.3. The van der Waals surface area contributed by atoms with Gasteiger partial charge in [-0.15, -0.1) is 0 Å². The van der Waals surface area contributed by atoms with Crippen LogP contribution in [0.4, 0.5) is 0 Å². The average Bonchev–Trinajstić information content (AvgIpc) is 3.21. The molecular weight excluding hydrogens is 334 g/mol. The zero-order chi connectivity index (χ0) is 18.1. The summed E-state index contributed by atoms with van der Waals surface area (Å²) in [5.41, 5.74) is 5.16. The first-order chi connectivity index (χ1) is 13.2. The summed E-state index contributed by atoms with van der Waals surface area (Å²) in [6.07, 6.45) is 2.02. The number of aromatic nitrogens is 1. The van der Waals surface area contributed by atoms with E-state index in [1.165, 1.54) is 27.7 Å². The molecule has 3 aliphatic heterocycles. The first kappa shape index (κ1) is 15.5. The van der Waals surface area contributed by atoms with E-state index in [1.807, 2.05) is 0 Å². The fourth-order valence-corrected chi connectivity index (χ4v) is 6.02. The molecule has 27 heavy (non-hydrogen) atoms. The average molecular weight is 358 g/mol. The van der Waals surface area contributed by atoms with E-state index in [0.717, 1.165) is 43.5 Å². The fourth-order valence-electron chi connectivity index (χ4n) is 6.02. The fraction of sp³-hybridized carbons (Fsp3) is 0.348. The smallest absolute Gasteiger partial charge is 0.278 e. The molecule has 4 nitrogen and oxygen atoms in total. The Hall–Kier alpha value is -2.59. The second-order valence-corrected chi connectivity index (χ2v) is 8.63. The van der Waals surface area contributed by atoms with Gasteiger partial charge in [-0.3, -0.25) is 4.79 Å². The van der Waals surface area contributed by atoms with Crippen molar-refractivity contribution in [2.75, 3.05) is 26.2 Å². The third-order valence-corrected chi connectivity index (χ3v) is 7.11. The zero-order valence-corrected chi connectivity index (χ0v) is 15.4. The molecule has 4 heteroatoms. The molecule has 2 atom stereocenters. The van der Waals surface area contributed by atoms with Crippen LogP contribution in [-0.2, 0) is 23.3 Å². The van der Waals surface area contributed by atoms with Gasteiger partial charge in [-0.1, -0.05) is 48.5 Å². The van der Waals surface area contributed by atoms with E-state index in [1.54, 1.807) is 0 Å². The Morgan fingerprint density at radius 2 is 1.89 bits per heavy atom. The molecule has 2 aromatic carbocycles. The molecule has 3 aliphatic rings. The summed E-state index contributed by atoms with van der Waals surface area (Å²) in [6.45, 7) is 4.57. The molecule has 0 aliphatic carbocycles. The van der Waals surface area contributed by atoms with Gasteiger partial charge in [0.05, 0.1) is 12.2 Å². The van der Waals surface area contributed by atoms with Crippen LogP contribution in [0.1, 0.15) is 23.2 Å². The molecule has 2 bridgehead atoms. The van der Waals surface area contributed by atoms with E-state index in [-0.39, 0.29) is 5.54 Å². The number of carbonyl (C=O) groups excluding carboxylic acids is 1. The number of quaternary nitrogens is 1. The first-order valence-corrected chi connectivity index (χ1v) is 9.99. The third-order valence-electron chi connectivity index (χ3n) is 7.11. The van der Waals surface area contributed by atoms with Crippen molar-refractivity contribution >= 4 is 16.8 Å². The summed E-state index contributed by atoms with van der Waals surface area (Å²) < 4.78 is 0.897. The number of piperazine rings is 1. The topological polar surface area (TPSA) is 36.1 Å². The number of hydrogen-bond acceptors (Lipinski definition) is 1. The van der Waals surface area contributed by atoms with Crippen molar-refractivity contribution in [2.24, 2.45) is 0 Å². The standard InChI is InChI=1S/C23H24N3O/c27-21-15-26(14-17-6-2-1-3-7-17)13-11-23(16-26)22-19(10-12-25(21)23)18-8-4-5-9-20(18)24-22/h1-9,24H,10-16H2/q+1. The minimum Gasteiger partial charge on any atom is -0.356 e. The van der Waals surface area contributed by atoms with Gasteiger partial charge in [0, 0.05) is 29.4 Å². The summed E-state index contributed by atoms with van der Waals surface area (Å²) in [5.74, 6) is 0.332. The Labute approximate surface area is 159 Å². The zero-order valence-electron chi connectivity index (χ0n) is 15.4. The van der Waals surface area contributed by atoms with Crippen LogP contribution in [0.3, 0.4) is 0 Å². The highest BCUT2D eigenvalue weighted by atomic mass is 16.2. The number of carbonyl (C=O) groups is 1. The van der Waals surface area contributed by atoms with Crippen LogP contribution in [0.2, 0.25) is 0 Å². The van der Waals surface area contributed by atoms with Crippen molar-refractivity contribution in [1.82, 2.24) is 9.88 Å². The minimum absolute atomic E-state index is 0.142. The number of nitrogens with zero attached hydrogens (tertiary/aromatic N) is 2. The highest BCUT2D eigenvalue weighted by Gasteiger charge is 2.62. The van der Waals surface area contributed by atoms with Gasteiger partial charge >= 0.3 is 0 Å². The number of hydrogen-bond donors (Lipinski definition) is 1.